The first-order valence-electron chi connectivity index (χ1n) is 3.52. The summed E-state index contributed by atoms with van der Waals surface area (Å²) in [7, 11) is 0. The molecule has 0 aromatic heterocycles. The number of carbonyl (C=O) groups excluding carboxylic acids is 1. The first-order valence-corrected chi connectivity index (χ1v) is 3.52. The Hall–Kier alpha value is -1.55. The maximum absolute atomic E-state index is 11.1. The molecule has 1 aliphatic rings. The summed E-state index contributed by atoms with van der Waals surface area (Å²) in [5.74, 6) is -0.366. The van der Waals surface area contributed by atoms with E-state index in [4.69, 9.17) is 5.11 Å². The molecule has 0 spiro atoms. The van der Waals surface area contributed by atoms with Crippen LogP contribution in [0, 0.1) is 0 Å². The van der Waals surface area contributed by atoms with Gasteiger partial charge in [-0.05, 0) is 11.6 Å². The number of azo groups is 1. The fourth-order valence-corrected chi connectivity index (χ4v) is 1.20. The largest absolute Gasteiger partial charge is 0.392 e. The van der Waals surface area contributed by atoms with Gasteiger partial charge in [-0.25, -0.2) is 0 Å². The summed E-state index contributed by atoms with van der Waals surface area (Å²) in [5, 5.41) is 15.9. The summed E-state index contributed by atoms with van der Waals surface area (Å²) < 4.78 is 0. The van der Waals surface area contributed by atoms with E-state index in [0.717, 1.165) is 0 Å². The van der Waals surface area contributed by atoms with E-state index in [0.29, 0.717) is 16.8 Å². The van der Waals surface area contributed by atoms with Crippen LogP contribution in [0.2, 0.25) is 0 Å². The van der Waals surface area contributed by atoms with Crippen molar-refractivity contribution in [2.45, 2.75) is 6.61 Å². The van der Waals surface area contributed by atoms with Gasteiger partial charge < -0.3 is 5.11 Å². The van der Waals surface area contributed by atoms with Crippen LogP contribution in [0.5, 0.6) is 0 Å². The number of benzene rings is 1. The molecule has 1 heterocycles. The third-order valence-corrected chi connectivity index (χ3v) is 1.76. The summed E-state index contributed by atoms with van der Waals surface area (Å²) >= 11 is 0. The zero-order valence-electron chi connectivity index (χ0n) is 6.19. The molecule has 0 aliphatic carbocycles. The molecule has 12 heavy (non-hydrogen) atoms. The molecule has 0 fully saturated rings. The van der Waals surface area contributed by atoms with Crippen molar-refractivity contribution in [3.63, 3.8) is 0 Å². The van der Waals surface area contributed by atoms with E-state index in [1.54, 1.807) is 18.2 Å². The molecule has 1 amide bonds. The summed E-state index contributed by atoms with van der Waals surface area (Å²) in [4.78, 5) is 11.1. The molecule has 60 valence electrons. The lowest BCUT2D eigenvalue weighted by atomic mass is 10.1. The molecular formula is C8H6N2O2. The van der Waals surface area contributed by atoms with Crippen LogP contribution in [0.1, 0.15) is 15.9 Å². The number of aliphatic hydroxyl groups is 1. The number of amides is 1. The highest BCUT2D eigenvalue weighted by Crippen LogP contribution is 2.29. The molecule has 1 aromatic rings. The van der Waals surface area contributed by atoms with Gasteiger partial charge in [-0.2, -0.15) is 0 Å². The highest BCUT2D eigenvalue weighted by molar-refractivity contribution is 6.03. The van der Waals surface area contributed by atoms with Crippen LogP contribution >= 0.6 is 0 Å². The predicted octanol–water partition coefficient (Wildman–Crippen LogP) is 1.42. The van der Waals surface area contributed by atoms with Crippen molar-refractivity contribution in [1.29, 1.82) is 0 Å². The smallest absolute Gasteiger partial charge is 0.298 e. The van der Waals surface area contributed by atoms with Gasteiger partial charge in [0.05, 0.1) is 17.9 Å². The Morgan fingerprint density at radius 3 is 2.92 bits per heavy atom. The van der Waals surface area contributed by atoms with Crippen molar-refractivity contribution in [2.24, 2.45) is 10.2 Å². The standard InChI is InChI=1S/C8H6N2O2/c11-4-5-2-1-3-6-7(5)8(12)10-9-6/h1-3,11H,4H2. The number of hydrogen-bond acceptors (Lipinski definition) is 3. The summed E-state index contributed by atoms with van der Waals surface area (Å²) in [6, 6.07) is 5.12. The van der Waals surface area contributed by atoms with Crippen molar-refractivity contribution in [3.8, 4) is 0 Å². The van der Waals surface area contributed by atoms with E-state index in [-0.39, 0.29) is 12.5 Å². The zero-order chi connectivity index (χ0) is 8.55. The van der Waals surface area contributed by atoms with Gasteiger partial charge >= 0.3 is 0 Å². The number of rotatable bonds is 1. The van der Waals surface area contributed by atoms with Crippen LogP contribution < -0.4 is 0 Å². The van der Waals surface area contributed by atoms with Gasteiger partial charge in [0.2, 0.25) is 0 Å². The Bertz CT molecular complexity index is 371. The minimum atomic E-state index is -0.366. The minimum Gasteiger partial charge on any atom is -0.392 e. The van der Waals surface area contributed by atoms with Crippen molar-refractivity contribution in [3.05, 3.63) is 29.3 Å². The molecule has 1 N–H and O–H groups in total. The first-order chi connectivity index (χ1) is 5.83. The monoisotopic (exact) mass is 162 g/mol. The van der Waals surface area contributed by atoms with E-state index < -0.39 is 0 Å². The van der Waals surface area contributed by atoms with Gasteiger partial charge in [-0.15, -0.1) is 10.2 Å². The highest BCUT2D eigenvalue weighted by Gasteiger charge is 2.20. The average molecular weight is 162 g/mol. The Labute approximate surface area is 68.6 Å². The topological polar surface area (TPSA) is 62.0 Å². The molecule has 0 saturated heterocycles. The number of carbonyl (C=O) groups is 1. The van der Waals surface area contributed by atoms with Crippen LogP contribution in [0.25, 0.3) is 0 Å². The molecule has 0 saturated carbocycles. The number of aliphatic hydroxyl groups excluding tert-OH is 1. The van der Waals surface area contributed by atoms with Gasteiger partial charge in [0.15, 0.2) is 0 Å². The maximum Gasteiger partial charge on any atom is 0.298 e. The van der Waals surface area contributed by atoms with Gasteiger partial charge in [-0.1, -0.05) is 12.1 Å². The molecule has 1 aliphatic heterocycles. The maximum atomic E-state index is 11.1. The van der Waals surface area contributed by atoms with Crippen molar-refractivity contribution < 1.29 is 9.90 Å². The van der Waals surface area contributed by atoms with Gasteiger partial charge in [0.25, 0.3) is 5.91 Å². The van der Waals surface area contributed by atoms with Crippen LogP contribution in [0.3, 0.4) is 0 Å². The second-order valence-electron chi connectivity index (χ2n) is 2.47. The second-order valence-corrected chi connectivity index (χ2v) is 2.47. The van der Waals surface area contributed by atoms with E-state index in [9.17, 15) is 4.79 Å². The third-order valence-electron chi connectivity index (χ3n) is 1.76. The van der Waals surface area contributed by atoms with E-state index in [1.165, 1.54) is 0 Å². The average Bonchev–Trinajstić information content (AvgIpc) is 2.48. The lowest BCUT2D eigenvalue weighted by Gasteiger charge is -1.99. The van der Waals surface area contributed by atoms with Crippen LogP contribution in [0.15, 0.2) is 28.4 Å². The molecule has 4 nitrogen and oxygen atoms in total. The quantitative estimate of drug-likeness (QED) is 0.678. The Balaban J connectivity index is 2.65. The van der Waals surface area contributed by atoms with Gasteiger partial charge in [0, 0.05) is 0 Å². The molecular weight excluding hydrogens is 156 g/mol. The molecule has 4 heteroatoms. The number of fused-ring (bicyclic) bond motifs is 1. The first kappa shape index (κ1) is 7.12. The van der Waals surface area contributed by atoms with Crippen molar-refractivity contribution >= 4 is 11.6 Å². The van der Waals surface area contributed by atoms with Gasteiger partial charge in [-0.3, -0.25) is 4.79 Å². The second kappa shape index (κ2) is 2.49. The Kier molecular flexibility index (Phi) is 1.48. The highest BCUT2D eigenvalue weighted by atomic mass is 16.3. The van der Waals surface area contributed by atoms with Crippen LogP contribution in [-0.2, 0) is 6.61 Å². The fraction of sp³-hybridized carbons (Fsp3) is 0.125. The lowest BCUT2D eigenvalue weighted by Crippen LogP contribution is -1.96. The molecule has 0 atom stereocenters. The predicted molar refractivity (Wildman–Crippen MR) is 41.2 cm³/mol. The lowest BCUT2D eigenvalue weighted by molar-refractivity contribution is 0.0999. The Morgan fingerprint density at radius 1 is 1.33 bits per heavy atom. The normalized spacial score (nSPS) is 13.6. The molecule has 0 radical (unpaired) electrons. The zero-order valence-corrected chi connectivity index (χ0v) is 6.19. The van der Waals surface area contributed by atoms with E-state index >= 15 is 0 Å². The summed E-state index contributed by atoms with van der Waals surface area (Å²) in [6.45, 7) is -0.153. The molecule has 2 rings (SSSR count). The Morgan fingerprint density at radius 2 is 2.17 bits per heavy atom. The third kappa shape index (κ3) is 0.853. The van der Waals surface area contributed by atoms with Gasteiger partial charge in [0.1, 0.15) is 0 Å². The number of hydrogen-bond donors (Lipinski definition) is 1. The van der Waals surface area contributed by atoms with E-state index in [1.807, 2.05) is 0 Å². The molecule has 1 aromatic carbocycles. The van der Waals surface area contributed by atoms with E-state index in [2.05, 4.69) is 10.2 Å². The number of nitrogens with zero attached hydrogens (tertiary/aromatic N) is 2. The van der Waals surface area contributed by atoms with Crippen molar-refractivity contribution in [2.75, 3.05) is 0 Å². The minimum absolute atomic E-state index is 0.153. The fourth-order valence-electron chi connectivity index (χ4n) is 1.20. The summed E-state index contributed by atoms with van der Waals surface area (Å²) in [6.07, 6.45) is 0. The summed E-state index contributed by atoms with van der Waals surface area (Å²) in [5.41, 5.74) is 1.56. The van der Waals surface area contributed by atoms with Crippen LogP contribution in [-0.4, -0.2) is 11.0 Å². The molecule has 0 unspecified atom stereocenters. The van der Waals surface area contributed by atoms with Crippen molar-refractivity contribution in [1.82, 2.24) is 0 Å². The van der Waals surface area contributed by atoms with Crippen LogP contribution in [0.4, 0.5) is 5.69 Å². The SMILES string of the molecule is O=C1N=Nc2cccc(CO)c21. The molecule has 0 bridgehead atoms.